The van der Waals surface area contributed by atoms with Crippen LogP contribution in [0.2, 0.25) is 0 Å². The number of anilines is 1. The van der Waals surface area contributed by atoms with E-state index in [1.165, 1.54) is 14.2 Å². The monoisotopic (exact) mass is 436 g/mol. The third-order valence-electron chi connectivity index (χ3n) is 4.64. The third kappa shape index (κ3) is 4.60. The molecule has 3 aromatic rings. The van der Waals surface area contributed by atoms with Gasteiger partial charge in [-0.25, -0.2) is 9.97 Å². The van der Waals surface area contributed by atoms with Crippen molar-refractivity contribution in [2.45, 2.75) is 26.1 Å². The number of benzene rings is 2. The van der Waals surface area contributed by atoms with Crippen molar-refractivity contribution in [2.24, 2.45) is 0 Å². The molecule has 0 bridgehead atoms. The molecule has 3 rings (SSSR count). The van der Waals surface area contributed by atoms with Crippen LogP contribution in [0.3, 0.4) is 0 Å². The summed E-state index contributed by atoms with van der Waals surface area (Å²) in [4.78, 5) is 19.0. The minimum Gasteiger partial charge on any atom is -0.493 e. The third-order valence-corrected chi connectivity index (χ3v) is 4.64. The summed E-state index contributed by atoms with van der Waals surface area (Å²) in [6.07, 6.45) is -4.72. The summed E-state index contributed by atoms with van der Waals surface area (Å²) >= 11 is 0. The predicted octanol–water partition coefficient (Wildman–Crippen LogP) is 5.06. The zero-order valence-electron chi connectivity index (χ0n) is 17.1. The second kappa shape index (κ2) is 8.25. The van der Waals surface area contributed by atoms with E-state index in [1.54, 1.807) is 26.0 Å². The van der Waals surface area contributed by atoms with E-state index in [9.17, 15) is 23.3 Å². The van der Waals surface area contributed by atoms with E-state index < -0.39 is 28.4 Å². The topological polar surface area (TPSA) is 99.4 Å². The van der Waals surface area contributed by atoms with Crippen molar-refractivity contribution in [3.8, 4) is 11.5 Å². The number of non-ortho nitro benzene ring substituents is 1. The Morgan fingerprint density at radius 3 is 2.29 bits per heavy atom. The average Bonchev–Trinajstić information content (AvgIpc) is 2.71. The first-order valence-electron chi connectivity index (χ1n) is 9.07. The van der Waals surface area contributed by atoms with Crippen LogP contribution in [-0.2, 0) is 6.18 Å². The lowest BCUT2D eigenvalue weighted by Gasteiger charge is -2.19. The molecule has 8 nitrogen and oxygen atoms in total. The number of hydrogen-bond acceptors (Lipinski definition) is 7. The molecule has 164 valence electrons. The van der Waals surface area contributed by atoms with Gasteiger partial charge in [-0.3, -0.25) is 10.1 Å². The van der Waals surface area contributed by atoms with Gasteiger partial charge in [0.15, 0.2) is 11.5 Å². The summed E-state index contributed by atoms with van der Waals surface area (Å²) in [5.74, 6) is 1.65. The molecule has 0 spiro atoms. The highest BCUT2D eigenvalue weighted by Crippen LogP contribution is 2.37. The first-order valence-corrected chi connectivity index (χ1v) is 9.07. The average molecular weight is 436 g/mol. The Hall–Kier alpha value is -3.63. The molecule has 0 fully saturated rings. The molecule has 0 saturated heterocycles. The van der Waals surface area contributed by atoms with Crippen molar-refractivity contribution in [3.05, 3.63) is 57.4 Å². The molecule has 0 radical (unpaired) electrons. The van der Waals surface area contributed by atoms with Gasteiger partial charge >= 0.3 is 6.18 Å². The molecule has 1 N–H and O–H groups in total. The largest absolute Gasteiger partial charge is 0.493 e. The predicted molar refractivity (Wildman–Crippen MR) is 108 cm³/mol. The molecule has 0 unspecified atom stereocenters. The maximum absolute atomic E-state index is 13.2. The molecule has 0 saturated carbocycles. The lowest BCUT2D eigenvalue weighted by atomic mass is 10.0. The summed E-state index contributed by atoms with van der Waals surface area (Å²) in [7, 11) is 2.95. The quantitative estimate of drug-likeness (QED) is 0.426. The van der Waals surface area contributed by atoms with Gasteiger partial charge < -0.3 is 14.8 Å². The highest BCUT2D eigenvalue weighted by molar-refractivity contribution is 5.92. The Morgan fingerprint density at radius 1 is 1.06 bits per heavy atom. The molecular weight excluding hydrogens is 417 g/mol. The van der Waals surface area contributed by atoms with E-state index in [0.717, 1.165) is 12.1 Å². The summed E-state index contributed by atoms with van der Waals surface area (Å²) in [5, 5.41) is 14.7. The molecule has 1 heterocycles. The van der Waals surface area contributed by atoms with Crippen LogP contribution >= 0.6 is 0 Å². The normalized spacial score (nSPS) is 12.5. The van der Waals surface area contributed by atoms with Crippen LogP contribution in [0.15, 0.2) is 30.3 Å². The van der Waals surface area contributed by atoms with Crippen LogP contribution in [-0.4, -0.2) is 29.1 Å². The van der Waals surface area contributed by atoms with Crippen molar-refractivity contribution in [1.29, 1.82) is 0 Å². The van der Waals surface area contributed by atoms with Crippen molar-refractivity contribution < 1.29 is 27.6 Å². The smallest absolute Gasteiger partial charge is 0.416 e. The first kappa shape index (κ1) is 22.1. The molecule has 0 aliphatic rings. The fourth-order valence-electron chi connectivity index (χ4n) is 3.12. The summed E-state index contributed by atoms with van der Waals surface area (Å²) < 4.78 is 50.3. The van der Waals surface area contributed by atoms with E-state index in [4.69, 9.17) is 9.47 Å². The maximum Gasteiger partial charge on any atom is 0.416 e. The molecule has 1 aromatic heterocycles. The van der Waals surface area contributed by atoms with Gasteiger partial charge in [0.2, 0.25) is 0 Å². The number of hydrogen-bond donors (Lipinski definition) is 1. The highest BCUT2D eigenvalue weighted by Gasteiger charge is 2.33. The van der Waals surface area contributed by atoms with Crippen molar-refractivity contribution in [1.82, 2.24) is 9.97 Å². The van der Waals surface area contributed by atoms with Crippen molar-refractivity contribution in [2.75, 3.05) is 19.5 Å². The number of ether oxygens (including phenoxy) is 2. The lowest BCUT2D eigenvalue weighted by molar-refractivity contribution is -0.385. The van der Waals surface area contributed by atoms with Crippen LogP contribution in [0, 0.1) is 17.0 Å². The van der Waals surface area contributed by atoms with Crippen molar-refractivity contribution in [3.63, 3.8) is 0 Å². The Balaban J connectivity index is 2.08. The number of nitro groups is 1. The van der Waals surface area contributed by atoms with Gasteiger partial charge in [-0.05, 0) is 31.5 Å². The van der Waals surface area contributed by atoms with E-state index in [1.807, 2.05) is 0 Å². The molecule has 31 heavy (non-hydrogen) atoms. The van der Waals surface area contributed by atoms with Crippen LogP contribution in [0.25, 0.3) is 10.9 Å². The number of fused-ring (bicyclic) bond motifs is 1. The van der Waals surface area contributed by atoms with Gasteiger partial charge in [0.25, 0.3) is 5.69 Å². The van der Waals surface area contributed by atoms with E-state index in [0.29, 0.717) is 40.1 Å². The summed E-state index contributed by atoms with van der Waals surface area (Å²) in [6, 6.07) is 5.08. The van der Waals surface area contributed by atoms with E-state index in [2.05, 4.69) is 15.3 Å². The highest BCUT2D eigenvalue weighted by atomic mass is 19.4. The number of methoxy groups -OCH3 is 2. The minimum atomic E-state index is -4.72. The number of rotatable bonds is 6. The molecule has 0 amide bonds. The number of aromatic nitrogens is 2. The molecule has 0 aliphatic carbocycles. The van der Waals surface area contributed by atoms with Gasteiger partial charge in [-0.1, -0.05) is 0 Å². The Bertz CT molecular complexity index is 1150. The van der Waals surface area contributed by atoms with Crippen LogP contribution in [0.5, 0.6) is 11.5 Å². The summed E-state index contributed by atoms with van der Waals surface area (Å²) in [5.41, 5.74) is -1.12. The van der Waals surface area contributed by atoms with E-state index >= 15 is 0 Å². The molecular formula is C20H19F3N4O4. The van der Waals surface area contributed by atoms with Gasteiger partial charge in [0.05, 0.1) is 36.3 Å². The fourth-order valence-corrected chi connectivity index (χ4v) is 3.12. The van der Waals surface area contributed by atoms with Crippen LogP contribution < -0.4 is 14.8 Å². The number of halogens is 3. The SMILES string of the molecule is COc1cc2nc(C)nc(N[C@H](C)c3cc([N+](=O)[O-])cc(C(F)(F)F)c3)c2cc1OC. The van der Waals surface area contributed by atoms with Crippen LogP contribution in [0.1, 0.15) is 29.9 Å². The molecule has 1 atom stereocenters. The zero-order chi connectivity index (χ0) is 22.9. The second-order valence-electron chi connectivity index (χ2n) is 6.78. The Labute approximate surface area is 175 Å². The van der Waals surface area contributed by atoms with Crippen molar-refractivity contribution >= 4 is 22.4 Å². The van der Waals surface area contributed by atoms with Gasteiger partial charge in [0, 0.05) is 23.6 Å². The number of aryl methyl sites for hydroxylation is 1. The van der Waals surface area contributed by atoms with Gasteiger partial charge in [-0.2, -0.15) is 13.2 Å². The van der Waals surface area contributed by atoms with Crippen LogP contribution in [0.4, 0.5) is 24.7 Å². The van der Waals surface area contributed by atoms with Gasteiger partial charge in [-0.15, -0.1) is 0 Å². The second-order valence-corrected chi connectivity index (χ2v) is 6.78. The Morgan fingerprint density at radius 2 is 1.71 bits per heavy atom. The fraction of sp³-hybridized carbons (Fsp3) is 0.300. The van der Waals surface area contributed by atoms with E-state index in [-0.39, 0.29) is 5.56 Å². The maximum atomic E-state index is 13.2. The lowest BCUT2D eigenvalue weighted by Crippen LogP contribution is -2.13. The first-order chi connectivity index (χ1) is 14.5. The summed E-state index contributed by atoms with van der Waals surface area (Å²) in [6.45, 7) is 3.25. The zero-order valence-corrected chi connectivity index (χ0v) is 17.1. The molecule has 11 heteroatoms. The molecule has 2 aromatic carbocycles. The number of alkyl halides is 3. The Kier molecular flexibility index (Phi) is 5.87. The number of nitrogens with one attached hydrogen (secondary N) is 1. The van der Waals surface area contributed by atoms with Gasteiger partial charge in [0.1, 0.15) is 11.6 Å². The standard InChI is InChI=1S/C20H19F3N4O4/c1-10(12-5-13(20(21,22)23)7-14(6-12)27(28)29)24-19-15-8-17(30-3)18(31-4)9-16(15)25-11(2)26-19/h5-10H,1-4H3,(H,24,25,26)/t10-/m1/s1. The molecule has 0 aliphatic heterocycles. The minimum absolute atomic E-state index is 0.0893. The number of nitro benzene ring substituents is 1. The number of nitrogens with zero attached hydrogens (tertiary/aromatic N) is 3.